The lowest BCUT2D eigenvalue weighted by Crippen LogP contribution is -2.47. The molecular weight excluding hydrogens is 302 g/mol. The summed E-state index contributed by atoms with van der Waals surface area (Å²) < 4.78 is 27.9. The second-order valence-corrected chi connectivity index (χ2v) is 7.34. The average molecular weight is 319 g/mol. The number of nitrogens with zero attached hydrogens (tertiary/aromatic N) is 2. The Kier molecular flexibility index (Phi) is 5.08. The largest absolute Gasteiger partial charge is 0.481 e. The number of aliphatic carboxylic acids is 1. The summed E-state index contributed by atoms with van der Waals surface area (Å²) in [6.07, 6.45) is 3.31. The molecule has 0 aromatic carbocycles. The Bertz CT molecular complexity index is 544. The highest BCUT2D eigenvalue weighted by molar-refractivity contribution is 7.87. The molecule has 0 radical (unpaired) electrons. The van der Waals surface area contributed by atoms with E-state index in [-0.39, 0.29) is 13.1 Å². The Morgan fingerprint density at radius 3 is 3.05 bits per heavy atom. The minimum absolute atomic E-state index is 0.0436. The van der Waals surface area contributed by atoms with Crippen LogP contribution in [0.15, 0.2) is 11.6 Å². The molecule has 0 spiro atoms. The molecule has 1 saturated heterocycles. The van der Waals surface area contributed by atoms with E-state index in [1.54, 1.807) is 6.20 Å². The summed E-state index contributed by atoms with van der Waals surface area (Å²) in [7, 11) is -3.61. The van der Waals surface area contributed by atoms with Crippen LogP contribution in [0.3, 0.4) is 0 Å². The number of hydrogen-bond acceptors (Lipinski definition) is 5. The Morgan fingerprint density at radius 2 is 2.40 bits per heavy atom. The summed E-state index contributed by atoms with van der Waals surface area (Å²) in [4.78, 5) is 15.0. The topological polar surface area (TPSA) is 99.6 Å². The Balaban J connectivity index is 1.87. The first-order valence-corrected chi connectivity index (χ1v) is 8.67. The van der Waals surface area contributed by atoms with Gasteiger partial charge in [0.2, 0.25) is 0 Å². The van der Waals surface area contributed by atoms with E-state index in [1.165, 1.54) is 15.6 Å². The molecule has 0 saturated carbocycles. The van der Waals surface area contributed by atoms with Gasteiger partial charge >= 0.3 is 5.97 Å². The highest BCUT2D eigenvalue weighted by atomic mass is 32.2. The first-order chi connectivity index (χ1) is 9.49. The Morgan fingerprint density at radius 1 is 1.60 bits per heavy atom. The molecule has 1 atom stereocenters. The van der Waals surface area contributed by atoms with E-state index in [4.69, 9.17) is 5.11 Å². The highest BCUT2D eigenvalue weighted by Gasteiger charge is 2.31. The number of hydrogen-bond donors (Lipinski definition) is 2. The van der Waals surface area contributed by atoms with Crippen molar-refractivity contribution in [3.05, 3.63) is 16.6 Å². The van der Waals surface area contributed by atoms with Gasteiger partial charge in [0.1, 0.15) is 0 Å². The first-order valence-electron chi connectivity index (χ1n) is 6.35. The van der Waals surface area contributed by atoms with E-state index in [2.05, 4.69) is 9.71 Å². The van der Waals surface area contributed by atoms with Gasteiger partial charge in [0.25, 0.3) is 10.2 Å². The smallest absolute Gasteiger partial charge is 0.307 e. The van der Waals surface area contributed by atoms with E-state index >= 15 is 0 Å². The van der Waals surface area contributed by atoms with Crippen molar-refractivity contribution in [1.82, 2.24) is 14.0 Å². The second-order valence-electron chi connectivity index (χ2n) is 4.61. The van der Waals surface area contributed by atoms with Crippen LogP contribution in [0, 0.1) is 5.92 Å². The number of carboxylic acids is 1. The van der Waals surface area contributed by atoms with Crippen LogP contribution in [0.4, 0.5) is 0 Å². The van der Waals surface area contributed by atoms with Crippen molar-refractivity contribution in [1.29, 1.82) is 0 Å². The van der Waals surface area contributed by atoms with Crippen molar-refractivity contribution in [3.63, 3.8) is 0 Å². The maximum Gasteiger partial charge on any atom is 0.307 e. The van der Waals surface area contributed by atoms with E-state index in [1.807, 2.05) is 5.38 Å². The highest BCUT2D eigenvalue weighted by Crippen LogP contribution is 2.18. The molecule has 2 N–H and O–H groups in total. The quantitative estimate of drug-likeness (QED) is 0.786. The van der Waals surface area contributed by atoms with Crippen LogP contribution < -0.4 is 4.72 Å². The lowest BCUT2D eigenvalue weighted by atomic mass is 10.0. The summed E-state index contributed by atoms with van der Waals surface area (Å²) >= 11 is 1.48. The third-order valence-corrected chi connectivity index (χ3v) is 5.60. The molecule has 2 heterocycles. The van der Waals surface area contributed by atoms with E-state index in [0.29, 0.717) is 25.8 Å². The molecule has 2 rings (SSSR count). The van der Waals surface area contributed by atoms with Gasteiger partial charge in [-0.2, -0.15) is 12.7 Å². The maximum absolute atomic E-state index is 12.1. The van der Waals surface area contributed by atoms with Crippen molar-refractivity contribution in [3.8, 4) is 0 Å². The van der Waals surface area contributed by atoms with E-state index < -0.39 is 22.1 Å². The lowest BCUT2D eigenvalue weighted by molar-refractivity contribution is -0.142. The predicted molar refractivity (Wildman–Crippen MR) is 74.7 cm³/mol. The number of carboxylic acid groups (broad SMARTS) is 1. The Hall–Kier alpha value is -1.03. The molecule has 20 heavy (non-hydrogen) atoms. The zero-order chi connectivity index (χ0) is 14.6. The standard InChI is InChI=1S/C11H17N3O4S2/c15-11(16)9-2-1-6-14(8-9)20(17,18)13-4-3-10-12-5-7-19-10/h5,7,9,13H,1-4,6,8H2,(H,15,16). The van der Waals surface area contributed by atoms with Crippen molar-refractivity contribution in [2.45, 2.75) is 19.3 Å². The number of piperidine rings is 1. The molecule has 1 aliphatic heterocycles. The second kappa shape index (κ2) is 6.61. The fourth-order valence-electron chi connectivity index (χ4n) is 2.12. The minimum atomic E-state index is -3.61. The van der Waals surface area contributed by atoms with Gasteiger partial charge < -0.3 is 5.11 Å². The van der Waals surface area contributed by atoms with Gasteiger partial charge in [-0.1, -0.05) is 0 Å². The summed E-state index contributed by atoms with van der Waals surface area (Å²) in [5.74, 6) is -1.55. The van der Waals surface area contributed by atoms with Gasteiger partial charge in [-0.25, -0.2) is 9.71 Å². The fourth-order valence-corrected chi connectivity index (χ4v) is 4.03. The molecular formula is C11H17N3O4S2. The van der Waals surface area contributed by atoms with Crippen LogP contribution >= 0.6 is 11.3 Å². The summed E-state index contributed by atoms with van der Waals surface area (Å²) in [6, 6.07) is 0. The van der Waals surface area contributed by atoms with Crippen molar-refractivity contribution < 1.29 is 18.3 Å². The van der Waals surface area contributed by atoms with Crippen molar-refractivity contribution in [2.24, 2.45) is 5.92 Å². The SMILES string of the molecule is O=C(O)C1CCCN(S(=O)(=O)NCCc2nccs2)C1. The van der Waals surface area contributed by atoms with E-state index in [0.717, 1.165) is 5.01 Å². The molecule has 112 valence electrons. The molecule has 1 aromatic heterocycles. The third-order valence-electron chi connectivity index (χ3n) is 3.18. The molecule has 1 fully saturated rings. The summed E-state index contributed by atoms with van der Waals surface area (Å²) in [5.41, 5.74) is 0. The molecule has 0 bridgehead atoms. The van der Waals surface area contributed by atoms with Crippen molar-refractivity contribution in [2.75, 3.05) is 19.6 Å². The zero-order valence-electron chi connectivity index (χ0n) is 10.9. The van der Waals surface area contributed by atoms with Crippen LogP contribution in [0.25, 0.3) is 0 Å². The molecule has 1 aliphatic rings. The van der Waals surface area contributed by atoms with Gasteiger partial charge in [0.05, 0.1) is 10.9 Å². The fraction of sp³-hybridized carbons (Fsp3) is 0.636. The van der Waals surface area contributed by atoms with Gasteiger partial charge in [-0.3, -0.25) is 4.79 Å². The van der Waals surface area contributed by atoms with Gasteiger partial charge in [0, 0.05) is 37.6 Å². The van der Waals surface area contributed by atoms with Gasteiger partial charge in [0.15, 0.2) is 0 Å². The van der Waals surface area contributed by atoms with Crippen LogP contribution in [-0.4, -0.2) is 48.4 Å². The monoisotopic (exact) mass is 319 g/mol. The number of aromatic nitrogens is 1. The summed E-state index contributed by atoms with van der Waals surface area (Å²) in [6.45, 7) is 0.683. The predicted octanol–water partition coefficient (Wildman–Crippen LogP) is 0.317. The first kappa shape index (κ1) is 15.4. The maximum atomic E-state index is 12.1. The van der Waals surface area contributed by atoms with Crippen LogP contribution in [0.2, 0.25) is 0 Å². The van der Waals surface area contributed by atoms with Crippen LogP contribution in [0.5, 0.6) is 0 Å². The zero-order valence-corrected chi connectivity index (χ0v) is 12.5. The van der Waals surface area contributed by atoms with Crippen molar-refractivity contribution >= 4 is 27.5 Å². The van der Waals surface area contributed by atoms with Crippen LogP contribution in [-0.2, 0) is 21.4 Å². The number of thiazole rings is 1. The molecule has 7 nitrogen and oxygen atoms in total. The molecule has 9 heteroatoms. The van der Waals surface area contributed by atoms with Crippen LogP contribution in [0.1, 0.15) is 17.8 Å². The van der Waals surface area contributed by atoms with Gasteiger partial charge in [-0.05, 0) is 12.8 Å². The average Bonchev–Trinajstić information content (AvgIpc) is 2.92. The van der Waals surface area contributed by atoms with E-state index in [9.17, 15) is 13.2 Å². The number of nitrogens with one attached hydrogen (secondary N) is 1. The lowest BCUT2D eigenvalue weighted by Gasteiger charge is -2.29. The molecule has 0 aliphatic carbocycles. The summed E-state index contributed by atoms with van der Waals surface area (Å²) in [5, 5.41) is 11.7. The molecule has 1 unspecified atom stereocenters. The van der Waals surface area contributed by atoms with Gasteiger partial charge in [-0.15, -0.1) is 11.3 Å². The normalized spacial score (nSPS) is 20.9. The molecule has 0 amide bonds. The Labute approximate surface area is 121 Å². The third kappa shape index (κ3) is 3.98. The number of carbonyl (C=O) groups is 1. The minimum Gasteiger partial charge on any atom is -0.481 e. The molecule has 1 aromatic rings. The number of rotatable bonds is 6.